The molecule has 1 N–H and O–H groups in total. The smallest absolute Gasteiger partial charge is 0.165 e. The maximum Gasteiger partial charge on any atom is 0.165 e. The largest absolute Gasteiger partial charge is 0.505 e. The molecule has 0 bridgehead atoms. The average Bonchev–Trinajstić information content (AvgIpc) is 2.04. The summed E-state index contributed by atoms with van der Waals surface area (Å²) in [5.74, 6) is -0.789. The minimum atomic E-state index is -0.544. The molecule has 1 nitrogen and oxygen atoms in total. The molecule has 0 aliphatic rings. The molecule has 0 unspecified atom stereocenters. The monoisotopic (exact) mass is 170 g/mol. The molecule has 2 heteroatoms. The second kappa shape index (κ2) is 4.75. The van der Waals surface area contributed by atoms with Gasteiger partial charge in [0.2, 0.25) is 0 Å². The summed E-state index contributed by atoms with van der Waals surface area (Å²) in [6.45, 7) is 7.46. The van der Waals surface area contributed by atoms with Crippen LogP contribution < -0.4 is 0 Å². The van der Waals surface area contributed by atoms with E-state index >= 15 is 0 Å². The van der Waals surface area contributed by atoms with E-state index in [4.69, 9.17) is 5.11 Å². The van der Waals surface area contributed by atoms with Gasteiger partial charge in [0.15, 0.2) is 11.6 Å². The second-order valence-corrected chi connectivity index (χ2v) is 2.41. The molecule has 0 atom stereocenters. The highest BCUT2D eigenvalue weighted by atomic mass is 19.1. The topological polar surface area (TPSA) is 20.2 Å². The van der Waals surface area contributed by atoms with Gasteiger partial charge in [0.05, 0.1) is 0 Å². The van der Waals surface area contributed by atoms with Crippen LogP contribution in [0, 0.1) is 19.7 Å². The molecular weight excluding hydrogens is 155 g/mol. The Morgan fingerprint density at radius 1 is 1.17 bits per heavy atom. The van der Waals surface area contributed by atoms with Gasteiger partial charge < -0.3 is 5.11 Å². The summed E-state index contributed by atoms with van der Waals surface area (Å²) in [7, 11) is 0. The first-order valence-electron chi connectivity index (χ1n) is 4.07. The molecule has 0 spiro atoms. The number of phenolic OH excluding ortho intramolecular Hbond substituents is 1. The van der Waals surface area contributed by atoms with Crippen molar-refractivity contribution in [3.8, 4) is 5.75 Å². The predicted molar refractivity (Wildman–Crippen MR) is 48.9 cm³/mol. The van der Waals surface area contributed by atoms with Crippen molar-refractivity contribution in [3.05, 3.63) is 29.1 Å². The fourth-order valence-corrected chi connectivity index (χ4v) is 0.908. The van der Waals surface area contributed by atoms with Crippen molar-refractivity contribution < 1.29 is 9.50 Å². The van der Waals surface area contributed by atoms with Gasteiger partial charge in [0.25, 0.3) is 0 Å². The molecule has 0 aliphatic carbocycles. The number of hydrogen-bond donors (Lipinski definition) is 1. The summed E-state index contributed by atoms with van der Waals surface area (Å²) in [6, 6.07) is 3.04. The van der Waals surface area contributed by atoms with Gasteiger partial charge in [0, 0.05) is 0 Å². The summed E-state index contributed by atoms with van der Waals surface area (Å²) >= 11 is 0. The normalized spacial score (nSPS) is 8.75. The standard InChI is InChI=1S/C8H9FO.C2H6/c1-5-3-6(2)8(10)7(9)4-5;1-2/h3-4,10H,1-2H3;1-2H3. The maximum absolute atomic E-state index is 12.6. The quantitative estimate of drug-likeness (QED) is 0.634. The Labute approximate surface area is 72.9 Å². The van der Waals surface area contributed by atoms with Crippen molar-refractivity contribution in [2.24, 2.45) is 0 Å². The van der Waals surface area contributed by atoms with Crippen LogP contribution in [-0.2, 0) is 0 Å². The Balaban J connectivity index is 0.000000561. The third-order valence-corrected chi connectivity index (χ3v) is 1.40. The molecule has 0 saturated heterocycles. The predicted octanol–water partition coefficient (Wildman–Crippen LogP) is 3.17. The minimum absolute atomic E-state index is 0.245. The molecule has 1 aromatic carbocycles. The van der Waals surface area contributed by atoms with Crippen molar-refractivity contribution in [1.29, 1.82) is 0 Å². The van der Waals surface area contributed by atoms with Crippen LogP contribution in [-0.4, -0.2) is 5.11 Å². The van der Waals surface area contributed by atoms with Crippen LogP contribution in [0.2, 0.25) is 0 Å². The molecule has 0 heterocycles. The number of phenols is 1. The van der Waals surface area contributed by atoms with Gasteiger partial charge in [-0.1, -0.05) is 19.9 Å². The third-order valence-electron chi connectivity index (χ3n) is 1.40. The average molecular weight is 170 g/mol. The lowest BCUT2D eigenvalue weighted by atomic mass is 10.1. The summed E-state index contributed by atoms with van der Waals surface area (Å²) in [5, 5.41) is 8.96. The van der Waals surface area contributed by atoms with E-state index in [2.05, 4.69) is 0 Å². The first-order valence-corrected chi connectivity index (χ1v) is 4.07. The van der Waals surface area contributed by atoms with E-state index < -0.39 is 5.82 Å². The van der Waals surface area contributed by atoms with Crippen molar-refractivity contribution in [1.82, 2.24) is 0 Å². The molecule has 0 aliphatic heterocycles. The molecule has 12 heavy (non-hydrogen) atoms. The van der Waals surface area contributed by atoms with E-state index in [1.54, 1.807) is 19.9 Å². The Bertz CT molecular complexity index is 233. The van der Waals surface area contributed by atoms with Gasteiger partial charge in [-0.2, -0.15) is 0 Å². The fourth-order valence-electron chi connectivity index (χ4n) is 0.908. The Morgan fingerprint density at radius 3 is 2.08 bits per heavy atom. The highest BCUT2D eigenvalue weighted by Gasteiger charge is 2.02. The second-order valence-electron chi connectivity index (χ2n) is 2.41. The van der Waals surface area contributed by atoms with Crippen LogP contribution in [0.25, 0.3) is 0 Å². The first-order chi connectivity index (χ1) is 5.61. The Kier molecular flexibility index (Phi) is 4.34. The molecule has 0 saturated carbocycles. The number of aryl methyl sites for hydroxylation is 2. The van der Waals surface area contributed by atoms with Crippen LogP contribution in [0.4, 0.5) is 4.39 Å². The molecule has 0 fully saturated rings. The molecule has 0 amide bonds. The van der Waals surface area contributed by atoms with Crippen molar-refractivity contribution in [3.63, 3.8) is 0 Å². The zero-order chi connectivity index (χ0) is 9.72. The van der Waals surface area contributed by atoms with Crippen molar-refractivity contribution >= 4 is 0 Å². The van der Waals surface area contributed by atoms with Crippen LogP contribution in [0.1, 0.15) is 25.0 Å². The van der Waals surface area contributed by atoms with E-state index in [-0.39, 0.29) is 5.75 Å². The zero-order valence-electron chi connectivity index (χ0n) is 7.98. The number of halogens is 1. The fraction of sp³-hybridized carbons (Fsp3) is 0.400. The van der Waals surface area contributed by atoms with Gasteiger partial charge in [0.1, 0.15) is 0 Å². The number of aromatic hydroxyl groups is 1. The number of hydrogen-bond acceptors (Lipinski definition) is 1. The number of benzene rings is 1. The van der Waals surface area contributed by atoms with Crippen molar-refractivity contribution in [2.75, 3.05) is 0 Å². The molecular formula is C10H15FO. The molecule has 68 valence electrons. The van der Waals surface area contributed by atoms with E-state index in [0.717, 1.165) is 5.56 Å². The van der Waals surface area contributed by atoms with Gasteiger partial charge >= 0.3 is 0 Å². The summed E-state index contributed by atoms with van der Waals surface area (Å²) in [6.07, 6.45) is 0. The summed E-state index contributed by atoms with van der Waals surface area (Å²) < 4.78 is 12.6. The van der Waals surface area contributed by atoms with E-state index in [9.17, 15) is 4.39 Å². The van der Waals surface area contributed by atoms with Crippen LogP contribution in [0.15, 0.2) is 12.1 Å². The van der Waals surface area contributed by atoms with Gasteiger partial charge in [-0.05, 0) is 31.0 Å². The summed E-state index contributed by atoms with van der Waals surface area (Å²) in [5.41, 5.74) is 1.41. The Hall–Kier alpha value is -1.05. The molecule has 1 aromatic rings. The van der Waals surface area contributed by atoms with E-state index in [1.165, 1.54) is 6.07 Å². The third kappa shape index (κ3) is 2.53. The maximum atomic E-state index is 12.6. The minimum Gasteiger partial charge on any atom is -0.505 e. The highest BCUT2D eigenvalue weighted by molar-refractivity contribution is 5.35. The first kappa shape index (κ1) is 11.0. The number of rotatable bonds is 0. The Morgan fingerprint density at radius 2 is 1.67 bits per heavy atom. The van der Waals surface area contributed by atoms with Gasteiger partial charge in [-0.15, -0.1) is 0 Å². The van der Waals surface area contributed by atoms with Crippen LogP contribution in [0.5, 0.6) is 5.75 Å². The van der Waals surface area contributed by atoms with Crippen molar-refractivity contribution in [2.45, 2.75) is 27.7 Å². The highest BCUT2D eigenvalue weighted by Crippen LogP contribution is 2.21. The van der Waals surface area contributed by atoms with E-state index in [0.29, 0.717) is 5.56 Å². The molecule has 0 aromatic heterocycles. The lowest BCUT2D eigenvalue weighted by molar-refractivity contribution is 0.428. The van der Waals surface area contributed by atoms with Crippen LogP contribution in [0.3, 0.4) is 0 Å². The lowest BCUT2D eigenvalue weighted by Crippen LogP contribution is -1.82. The lowest BCUT2D eigenvalue weighted by Gasteiger charge is -2.00. The van der Waals surface area contributed by atoms with Crippen LogP contribution >= 0.6 is 0 Å². The zero-order valence-corrected chi connectivity index (χ0v) is 7.98. The molecule has 0 radical (unpaired) electrons. The SMILES string of the molecule is CC.Cc1cc(C)c(O)c(F)c1. The van der Waals surface area contributed by atoms with Gasteiger partial charge in [-0.3, -0.25) is 0 Å². The molecule has 1 rings (SSSR count). The van der Waals surface area contributed by atoms with E-state index in [1.807, 2.05) is 13.8 Å². The summed E-state index contributed by atoms with van der Waals surface area (Å²) in [4.78, 5) is 0. The van der Waals surface area contributed by atoms with Gasteiger partial charge in [-0.25, -0.2) is 4.39 Å².